The molecule has 25 heavy (non-hydrogen) atoms. The van der Waals surface area contributed by atoms with Crippen LogP contribution >= 0.6 is 0 Å². The summed E-state index contributed by atoms with van der Waals surface area (Å²) in [5.74, 6) is 1.80. The second kappa shape index (κ2) is 6.97. The second-order valence-corrected chi connectivity index (χ2v) is 6.63. The van der Waals surface area contributed by atoms with E-state index in [1.165, 1.54) is 5.56 Å². The van der Waals surface area contributed by atoms with Crippen molar-refractivity contribution in [3.8, 4) is 0 Å². The Morgan fingerprint density at radius 1 is 1.44 bits per heavy atom. The van der Waals surface area contributed by atoms with Crippen molar-refractivity contribution in [3.05, 3.63) is 28.7 Å². The first-order valence-electron chi connectivity index (χ1n) is 8.83. The SMILES string of the molecule is Cc1[nH]nc2c1CN(c1cc([C@H]3CCOC3)nc(NCCO)n1)CC2. The molecule has 0 radical (unpaired) electrons. The molecule has 0 aromatic carbocycles. The van der Waals surface area contributed by atoms with Crippen LogP contribution in [0.25, 0.3) is 0 Å². The lowest BCUT2D eigenvalue weighted by molar-refractivity contribution is 0.193. The van der Waals surface area contributed by atoms with Gasteiger partial charge in [-0.1, -0.05) is 0 Å². The molecule has 8 nitrogen and oxygen atoms in total. The number of hydrogen-bond donors (Lipinski definition) is 3. The molecule has 0 aliphatic carbocycles. The highest BCUT2D eigenvalue weighted by Gasteiger charge is 2.25. The highest BCUT2D eigenvalue weighted by Crippen LogP contribution is 2.29. The number of aliphatic hydroxyl groups excluding tert-OH is 1. The molecule has 134 valence electrons. The molecular formula is C17H24N6O2. The minimum Gasteiger partial charge on any atom is -0.395 e. The molecule has 3 N–H and O–H groups in total. The van der Waals surface area contributed by atoms with Gasteiger partial charge in [0.1, 0.15) is 5.82 Å². The third-order valence-electron chi connectivity index (χ3n) is 4.93. The van der Waals surface area contributed by atoms with Gasteiger partial charge in [0.05, 0.1) is 24.6 Å². The normalized spacial score (nSPS) is 19.9. The summed E-state index contributed by atoms with van der Waals surface area (Å²) in [5, 5.41) is 19.7. The van der Waals surface area contributed by atoms with E-state index in [0.29, 0.717) is 25.0 Å². The van der Waals surface area contributed by atoms with Gasteiger partial charge in [-0.05, 0) is 13.3 Å². The first-order chi connectivity index (χ1) is 12.2. The fourth-order valence-corrected chi connectivity index (χ4v) is 3.46. The number of anilines is 2. The van der Waals surface area contributed by atoms with Crippen molar-refractivity contribution in [1.82, 2.24) is 20.2 Å². The molecule has 2 aliphatic heterocycles. The highest BCUT2D eigenvalue weighted by atomic mass is 16.5. The number of fused-ring (bicyclic) bond motifs is 1. The number of ether oxygens (including phenoxy) is 1. The van der Waals surface area contributed by atoms with E-state index in [9.17, 15) is 0 Å². The van der Waals surface area contributed by atoms with Crippen LogP contribution in [0.4, 0.5) is 11.8 Å². The van der Waals surface area contributed by atoms with Gasteiger partial charge in [0, 0.05) is 55.9 Å². The van der Waals surface area contributed by atoms with Crippen molar-refractivity contribution < 1.29 is 9.84 Å². The number of aromatic amines is 1. The summed E-state index contributed by atoms with van der Waals surface area (Å²) in [4.78, 5) is 11.6. The second-order valence-electron chi connectivity index (χ2n) is 6.63. The van der Waals surface area contributed by atoms with Crippen LogP contribution in [0.15, 0.2) is 6.07 Å². The van der Waals surface area contributed by atoms with Crippen molar-refractivity contribution in [2.24, 2.45) is 0 Å². The van der Waals surface area contributed by atoms with E-state index >= 15 is 0 Å². The standard InChI is InChI=1S/C17H24N6O2/c1-11-13-9-23(5-2-14(13)22-21-11)16-8-15(12-3-7-25-10-12)19-17(20-16)18-4-6-24/h8,12,24H,2-7,9-10H2,1H3,(H,21,22)(H,18,19,20)/t12-/m0/s1. The molecule has 1 fully saturated rings. The number of nitrogens with one attached hydrogen (secondary N) is 2. The zero-order chi connectivity index (χ0) is 17.2. The molecule has 0 unspecified atom stereocenters. The number of hydrogen-bond acceptors (Lipinski definition) is 7. The van der Waals surface area contributed by atoms with E-state index in [1.54, 1.807) is 0 Å². The Balaban J connectivity index is 1.63. The fourth-order valence-electron chi connectivity index (χ4n) is 3.46. The Kier molecular flexibility index (Phi) is 4.54. The summed E-state index contributed by atoms with van der Waals surface area (Å²) < 4.78 is 5.52. The maximum atomic E-state index is 9.08. The molecule has 0 spiro atoms. The molecule has 2 aromatic heterocycles. The number of aryl methyl sites for hydroxylation is 1. The highest BCUT2D eigenvalue weighted by molar-refractivity contribution is 5.48. The van der Waals surface area contributed by atoms with E-state index in [1.807, 2.05) is 0 Å². The summed E-state index contributed by atoms with van der Waals surface area (Å²) in [7, 11) is 0. The molecule has 0 amide bonds. The molecule has 1 atom stereocenters. The van der Waals surface area contributed by atoms with Crippen molar-refractivity contribution in [2.45, 2.75) is 32.2 Å². The van der Waals surface area contributed by atoms with E-state index in [-0.39, 0.29) is 6.61 Å². The molecule has 4 rings (SSSR count). The van der Waals surface area contributed by atoms with E-state index in [4.69, 9.17) is 9.84 Å². The van der Waals surface area contributed by atoms with Crippen LogP contribution in [0.3, 0.4) is 0 Å². The third-order valence-corrected chi connectivity index (χ3v) is 4.93. The smallest absolute Gasteiger partial charge is 0.224 e. The van der Waals surface area contributed by atoms with Crippen LogP contribution in [0.1, 0.15) is 35.0 Å². The zero-order valence-corrected chi connectivity index (χ0v) is 14.5. The molecule has 8 heteroatoms. The van der Waals surface area contributed by atoms with Gasteiger partial charge in [0.15, 0.2) is 0 Å². The Bertz CT molecular complexity index is 741. The molecule has 1 saturated heterocycles. The van der Waals surface area contributed by atoms with E-state index in [0.717, 1.165) is 55.4 Å². The number of nitrogens with zero attached hydrogens (tertiary/aromatic N) is 4. The maximum Gasteiger partial charge on any atom is 0.224 e. The van der Waals surface area contributed by atoms with Gasteiger partial charge < -0.3 is 20.1 Å². The van der Waals surface area contributed by atoms with Crippen molar-refractivity contribution in [1.29, 1.82) is 0 Å². The van der Waals surface area contributed by atoms with Crippen LogP contribution in [0, 0.1) is 6.92 Å². The molecular weight excluding hydrogens is 320 g/mol. The maximum absolute atomic E-state index is 9.08. The van der Waals surface area contributed by atoms with E-state index < -0.39 is 0 Å². The van der Waals surface area contributed by atoms with Gasteiger partial charge in [0.2, 0.25) is 5.95 Å². The zero-order valence-electron chi connectivity index (χ0n) is 14.5. The van der Waals surface area contributed by atoms with Crippen molar-refractivity contribution in [2.75, 3.05) is 43.1 Å². The third kappa shape index (κ3) is 3.32. The number of H-pyrrole nitrogens is 1. The van der Waals surface area contributed by atoms with Crippen LogP contribution in [0.5, 0.6) is 0 Å². The van der Waals surface area contributed by atoms with Crippen molar-refractivity contribution in [3.63, 3.8) is 0 Å². The molecule has 4 heterocycles. The molecule has 2 aromatic rings. The summed E-state index contributed by atoms with van der Waals surface area (Å²) >= 11 is 0. The number of aromatic nitrogens is 4. The predicted molar refractivity (Wildman–Crippen MR) is 93.9 cm³/mol. The van der Waals surface area contributed by atoms with Crippen molar-refractivity contribution >= 4 is 11.8 Å². The van der Waals surface area contributed by atoms with Crippen LogP contribution in [0.2, 0.25) is 0 Å². The van der Waals surface area contributed by atoms with Crippen LogP contribution in [-0.2, 0) is 17.7 Å². The largest absolute Gasteiger partial charge is 0.395 e. The Morgan fingerprint density at radius 2 is 2.36 bits per heavy atom. The topological polar surface area (TPSA) is 99.2 Å². The lowest BCUT2D eigenvalue weighted by Crippen LogP contribution is -2.31. The monoisotopic (exact) mass is 344 g/mol. The minimum absolute atomic E-state index is 0.0523. The summed E-state index contributed by atoms with van der Waals surface area (Å²) in [6.45, 7) is 5.73. The Hall–Kier alpha value is -2.19. The average Bonchev–Trinajstić information content (AvgIpc) is 3.30. The lowest BCUT2D eigenvalue weighted by atomic mass is 10.0. The lowest BCUT2D eigenvalue weighted by Gasteiger charge is -2.28. The molecule has 0 saturated carbocycles. The van der Waals surface area contributed by atoms with Gasteiger partial charge >= 0.3 is 0 Å². The molecule has 2 aliphatic rings. The fraction of sp³-hybridized carbons (Fsp3) is 0.588. The Labute approximate surface area is 146 Å². The van der Waals surface area contributed by atoms with Gasteiger partial charge in [-0.25, -0.2) is 4.98 Å². The van der Waals surface area contributed by atoms with E-state index in [2.05, 4.69) is 43.4 Å². The number of aliphatic hydroxyl groups is 1. The molecule has 0 bridgehead atoms. The van der Waals surface area contributed by atoms with Crippen LogP contribution < -0.4 is 10.2 Å². The first-order valence-corrected chi connectivity index (χ1v) is 8.83. The average molecular weight is 344 g/mol. The van der Waals surface area contributed by atoms with Gasteiger partial charge in [-0.15, -0.1) is 0 Å². The van der Waals surface area contributed by atoms with Crippen LogP contribution in [-0.4, -0.2) is 58.2 Å². The minimum atomic E-state index is 0.0523. The first kappa shape index (κ1) is 16.3. The van der Waals surface area contributed by atoms with Gasteiger partial charge in [0.25, 0.3) is 0 Å². The summed E-state index contributed by atoms with van der Waals surface area (Å²) in [6.07, 6.45) is 1.89. The Morgan fingerprint density at radius 3 is 3.16 bits per heavy atom. The summed E-state index contributed by atoms with van der Waals surface area (Å²) in [6, 6.07) is 2.09. The van der Waals surface area contributed by atoms with Gasteiger partial charge in [-0.2, -0.15) is 10.1 Å². The quantitative estimate of drug-likeness (QED) is 0.743. The number of rotatable bonds is 5. The van der Waals surface area contributed by atoms with Gasteiger partial charge in [-0.3, -0.25) is 5.10 Å². The summed E-state index contributed by atoms with van der Waals surface area (Å²) in [5.41, 5.74) is 4.56. The predicted octanol–water partition coefficient (Wildman–Crippen LogP) is 0.979.